The van der Waals surface area contributed by atoms with Gasteiger partial charge in [0.05, 0.1) is 13.0 Å². The SMILES string of the molecule is COC(=O)[C@@H]1CCCC[C@@]12CCN(CCC(c1ccccc1)c1ccccc1)C2. The fourth-order valence-corrected chi connectivity index (χ4v) is 5.69. The van der Waals surface area contributed by atoms with Crippen LogP contribution < -0.4 is 0 Å². The Balaban J connectivity index is 1.45. The molecule has 1 saturated carbocycles. The number of hydrogen-bond donors (Lipinski definition) is 0. The van der Waals surface area contributed by atoms with Crippen molar-refractivity contribution >= 4 is 5.97 Å². The molecule has 3 heteroatoms. The predicted octanol–water partition coefficient (Wildman–Crippen LogP) is 5.26. The maximum atomic E-state index is 12.4. The standard InChI is InChI=1S/C26H33NO2/c1-29-25(28)24-14-8-9-16-26(24)17-19-27(20-26)18-15-23(21-10-4-2-5-11-21)22-12-6-3-7-13-22/h2-7,10-13,23-24H,8-9,14-20H2,1H3/t24-,26-/m0/s1. The van der Waals surface area contributed by atoms with E-state index in [0.29, 0.717) is 5.92 Å². The molecule has 0 amide bonds. The molecule has 0 bridgehead atoms. The average Bonchev–Trinajstić information content (AvgIpc) is 3.18. The molecule has 0 radical (unpaired) electrons. The highest BCUT2D eigenvalue weighted by Crippen LogP contribution is 2.48. The van der Waals surface area contributed by atoms with Gasteiger partial charge in [0.15, 0.2) is 0 Å². The van der Waals surface area contributed by atoms with Crippen LogP contribution in [0.25, 0.3) is 0 Å². The van der Waals surface area contributed by atoms with Crippen LogP contribution in [0.15, 0.2) is 60.7 Å². The monoisotopic (exact) mass is 391 g/mol. The minimum Gasteiger partial charge on any atom is -0.469 e. The molecule has 1 saturated heterocycles. The van der Waals surface area contributed by atoms with E-state index in [4.69, 9.17) is 4.74 Å². The molecular formula is C26H33NO2. The van der Waals surface area contributed by atoms with Crippen LogP contribution in [0.2, 0.25) is 0 Å². The summed E-state index contributed by atoms with van der Waals surface area (Å²) in [5, 5.41) is 0. The first kappa shape index (κ1) is 20.2. The third-order valence-electron chi connectivity index (χ3n) is 7.24. The number of ether oxygens (including phenoxy) is 1. The lowest BCUT2D eigenvalue weighted by Gasteiger charge is -2.39. The molecule has 2 aromatic rings. The summed E-state index contributed by atoms with van der Waals surface area (Å²) in [6, 6.07) is 21.7. The molecule has 0 unspecified atom stereocenters. The van der Waals surface area contributed by atoms with Crippen molar-refractivity contribution < 1.29 is 9.53 Å². The van der Waals surface area contributed by atoms with Gasteiger partial charge in [-0.15, -0.1) is 0 Å². The first-order chi connectivity index (χ1) is 14.2. The van der Waals surface area contributed by atoms with Crippen LogP contribution in [-0.4, -0.2) is 37.6 Å². The molecule has 1 spiro atoms. The number of likely N-dealkylation sites (tertiary alicyclic amines) is 1. The minimum absolute atomic E-state index is 0.0120. The van der Waals surface area contributed by atoms with E-state index in [1.807, 2.05) is 0 Å². The molecule has 1 aliphatic heterocycles. The zero-order valence-corrected chi connectivity index (χ0v) is 17.6. The summed E-state index contributed by atoms with van der Waals surface area (Å²) in [7, 11) is 1.54. The predicted molar refractivity (Wildman–Crippen MR) is 117 cm³/mol. The molecule has 0 N–H and O–H groups in total. The zero-order valence-electron chi connectivity index (χ0n) is 17.6. The molecule has 0 aromatic heterocycles. The van der Waals surface area contributed by atoms with Crippen molar-refractivity contribution in [2.75, 3.05) is 26.7 Å². The Morgan fingerprint density at radius 2 is 1.69 bits per heavy atom. The second-order valence-corrected chi connectivity index (χ2v) is 8.87. The van der Waals surface area contributed by atoms with E-state index in [-0.39, 0.29) is 17.3 Å². The maximum Gasteiger partial charge on any atom is 0.309 e. The Morgan fingerprint density at radius 1 is 1.03 bits per heavy atom. The minimum atomic E-state index is 0.0120. The van der Waals surface area contributed by atoms with E-state index < -0.39 is 0 Å². The molecule has 2 aliphatic rings. The number of esters is 1. The summed E-state index contributed by atoms with van der Waals surface area (Å²) in [6.07, 6.45) is 6.81. The summed E-state index contributed by atoms with van der Waals surface area (Å²) in [4.78, 5) is 15.0. The van der Waals surface area contributed by atoms with Crippen molar-refractivity contribution in [2.24, 2.45) is 11.3 Å². The van der Waals surface area contributed by atoms with E-state index in [9.17, 15) is 4.79 Å². The summed E-state index contributed by atoms with van der Waals surface area (Å²) in [5.74, 6) is 0.514. The van der Waals surface area contributed by atoms with Gasteiger partial charge in [-0.3, -0.25) is 4.79 Å². The molecule has 4 rings (SSSR count). The second kappa shape index (κ2) is 9.13. The highest BCUT2D eigenvalue weighted by atomic mass is 16.5. The van der Waals surface area contributed by atoms with Crippen LogP contribution in [-0.2, 0) is 9.53 Å². The fourth-order valence-electron chi connectivity index (χ4n) is 5.69. The van der Waals surface area contributed by atoms with Crippen molar-refractivity contribution in [1.29, 1.82) is 0 Å². The van der Waals surface area contributed by atoms with E-state index in [1.54, 1.807) is 7.11 Å². The normalized spacial score (nSPS) is 24.8. The van der Waals surface area contributed by atoms with Crippen LogP contribution in [0, 0.1) is 11.3 Å². The van der Waals surface area contributed by atoms with E-state index >= 15 is 0 Å². The lowest BCUT2D eigenvalue weighted by atomic mass is 9.65. The molecule has 29 heavy (non-hydrogen) atoms. The topological polar surface area (TPSA) is 29.5 Å². The maximum absolute atomic E-state index is 12.4. The first-order valence-corrected chi connectivity index (χ1v) is 11.1. The van der Waals surface area contributed by atoms with Crippen molar-refractivity contribution in [3.8, 4) is 0 Å². The van der Waals surface area contributed by atoms with Crippen LogP contribution in [0.3, 0.4) is 0 Å². The summed E-state index contributed by atoms with van der Waals surface area (Å²) < 4.78 is 5.17. The van der Waals surface area contributed by atoms with Gasteiger partial charge in [-0.25, -0.2) is 0 Å². The Labute approximate surface area is 175 Å². The largest absolute Gasteiger partial charge is 0.469 e. The summed E-state index contributed by atoms with van der Waals surface area (Å²) >= 11 is 0. The number of methoxy groups -OCH3 is 1. The number of carbonyl (C=O) groups excluding carboxylic acids is 1. The third-order valence-corrected chi connectivity index (χ3v) is 7.24. The van der Waals surface area contributed by atoms with Gasteiger partial charge in [-0.05, 0) is 55.3 Å². The van der Waals surface area contributed by atoms with E-state index in [1.165, 1.54) is 24.0 Å². The van der Waals surface area contributed by atoms with Gasteiger partial charge in [-0.2, -0.15) is 0 Å². The number of carbonyl (C=O) groups is 1. The smallest absolute Gasteiger partial charge is 0.309 e. The van der Waals surface area contributed by atoms with Crippen LogP contribution >= 0.6 is 0 Å². The van der Waals surface area contributed by atoms with Crippen LogP contribution in [0.1, 0.15) is 55.6 Å². The lowest BCUT2D eigenvalue weighted by molar-refractivity contribution is -0.152. The second-order valence-electron chi connectivity index (χ2n) is 8.87. The van der Waals surface area contributed by atoms with Crippen LogP contribution in [0.4, 0.5) is 0 Å². The van der Waals surface area contributed by atoms with Gasteiger partial charge in [-0.1, -0.05) is 73.5 Å². The molecule has 2 atom stereocenters. The van der Waals surface area contributed by atoms with Gasteiger partial charge in [0.25, 0.3) is 0 Å². The molecule has 1 heterocycles. The third kappa shape index (κ3) is 4.40. The Bertz CT molecular complexity index is 751. The lowest BCUT2D eigenvalue weighted by Crippen LogP contribution is -2.41. The number of benzene rings is 2. The molecule has 3 nitrogen and oxygen atoms in total. The average molecular weight is 392 g/mol. The zero-order chi connectivity index (χ0) is 20.1. The Morgan fingerprint density at radius 3 is 2.31 bits per heavy atom. The van der Waals surface area contributed by atoms with Crippen molar-refractivity contribution in [1.82, 2.24) is 4.90 Å². The summed E-state index contributed by atoms with van der Waals surface area (Å²) in [6.45, 7) is 3.22. The van der Waals surface area contributed by atoms with Crippen molar-refractivity contribution in [2.45, 2.75) is 44.4 Å². The van der Waals surface area contributed by atoms with Gasteiger partial charge in [0, 0.05) is 12.5 Å². The summed E-state index contributed by atoms with van der Waals surface area (Å²) in [5.41, 5.74) is 2.91. The van der Waals surface area contributed by atoms with Crippen molar-refractivity contribution in [3.05, 3.63) is 71.8 Å². The Kier molecular flexibility index (Phi) is 6.34. The molecular weight excluding hydrogens is 358 g/mol. The molecule has 154 valence electrons. The van der Waals surface area contributed by atoms with E-state index in [0.717, 1.165) is 45.3 Å². The number of rotatable bonds is 6. The first-order valence-electron chi connectivity index (χ1n) is 11.1. The van der Waals surface area contributed by atoms with Gasteiger partial charge >= 0.3 is 5.97 Å². The highest BCUT2D eigenvalue weighted by molar-refractivity contribution is 5.73. The van der Waals surface area contributed by atoms with Crippen molar-refractivity contribution in [3.63, 3.8) is 0 Å². The molecule has 1 aliphatic carbocycles. The van der Waals surface area contributed by atoms with E-state index in [2.05, 4.69) is 65.6 Å². The van der Waals surface area contributed by atoms with Gasteiger partial charge in [0.2, 0.25) is 0 Å². The fraction of sp³-hybridized carbons (Fsp3) is 0.500. The quantitative estimate of drug-likeness (QED) is 0.629. The highest BCUT2D eigenvalue weighted by Gasteiger charge is 2.49. The Hall–Kier alpha value is -2.13. The molecule has 2 aromatic carbocycles. The molecule has 2 fully saturated rings. The van der Waals surface area contributed by atoms with Gasteiger partial charge in [0.1, 0.15) is 0 Å². The van der Waals surface area contributed by atoms with Gasteiger partial charge < -0.3 is 9.64 Å². The number of nitrogens with zero attached hydrogens (tertiary/aromatic N) is 1. The number of hydrogen-bond acceptors (Lipinski definition) is 3. The van der Waals surface area contributed by atoms with Crippen LogP contribution in [0.5, 0.6) is 0 Å².